The summed E-state index contributed by atoms with van der Waals surface area (Å²) in [4.78, 5) is 11.4. The molecule has 0 aromatic rings. The van der Waals surface area contributed by atoms with E-state index in [0.717, 1.165) is 6.42 Å². The SMILES string of the molecule is C/C=C\C(C)=C\CC1CC=C(OC)C(=O)O1.CC. The Bertz CT molecular complexity index is 338. The second-order valence-corrected chi connectivity index (χ2v) is 3.72. The molecule has 0 aliphatic carbocycles. The first-order valence-corrected chi connectivity index (χ1v) is 6.42. The highest BCUT2D eigenvalue weighted by molar-refractivity contribution is 5.87. The van der Waals surface area contributed by atoms with Crippen LogP contribution in [0.5, 0.6) is 0 Å². The Morgan fingerprint density at radius 3 is 2.72 bits per heavy atom. The fourth-order valence-corrected chi connectivity index (χ4v) is 1.54. The van der Waals surface area contributed by atoms with E-state index in [4.69, 9.17) is 9.47 Å². The standard InChI is InChI=1S/C13H18O3.C2H6/c1-4-5-10(2)6-7-11-8-9-12(15-3)13(14)16-11;1-2/h4-6,9,11H,7-8H2,1-3H3;1-2H3/b5-4-,10-6+;. The average Bonchev–Trinajstić information content (AvgIpc) is 2.39. The molecule has 0 saturated heterocycles. The Balaban J connectivity index is 0.00000137. The lowest BCUT2D eigenvalue weighted by atomic mass is 10.1. The summed E-state index contributed by atoms with van der Waals surface area (Å²) in [5.41, 5.74) is 1.18. The van der Waals surface area contributed by atoms with E-state index in [1.54, 1.807) is 6.08 Å². The van der Waals surface area contributed by atoms with Gasteiger partial charge in [-0.3, -0.25) is 0 Å². The van der Waals surface area contributed by atoms with Crippen molar-refractivity contribution in [2.45, 2.75) is 46.6 Å². The summed E-state index contributed by atoms with van der Waals surface area (Å²) in [7, 11) is 1.48. The van der Waals surface area contributed by atoms with E-state index >= 15 is 0 Å². The molecule has 3 heteroatoms. The Morgan fingerprint density at radius 1 is 1.56 bits per heavy atom. The van der Waals surface area contributed by atoms with Crippen LogP contribution in [0.4, 0.5) is 0 Å². The summed E-state index contributed by atoms with van der Waals surface area (Å²) < 4.78 is 10.1. The van der Waals surface area contributed by atoms with E-state index in [9.17, 15) is 4.79 Å². The maximum Gasteiger partial charge on any atom is 0.373 e. The van der Waals surface area contributed by atoms with Crippen molar-refractivity contribution in [1.29, 1.82) is 0 Å². The average molecular weight is 252 g/mol. The molecule has 0 fully saturated rings. The summed E-state index contributed by atoms with van der Waals surface area (Å²) in [6, 6.07) is 0. The Labute approximate surface area is 110 Å². The zero-order valence-electron chi connectivity index (χ0n) is 12.0. The van der Waals surface area contributed by atoms with Crippen LogP contribution in [0.15, 0.2) is 35.6 Å². The first-order chi connectivity index (χ1) is 8.67. The van der Waals surface area contributed by atoms with Crippen LogP contribution in [0.25, 0.3) is 0 Å². The van der Waals surface area contributed by atoms with Crippen molar-refractivity contribution in [2.75, 3.05) is 7.11 Å². The third kappa shape index (κ3) is 5.71. The number of hydrogen-bond donors (Lipinski definition) is 0. The van der Waals surface area contributed by atoms with E-state index in [1.807, 2.05) is 39.8 Å². The molecule has 0 bridgehead atoms. The molecule has 1 atom stereocenters. The van der Waals surface area contributed by atoms with Gasteiger partial charge in [-0.05, 0) is 19.9 Å². The monoisotopic (exact) mass is 252 g/mol. The number of hydrogen-bond acceptors (Lipinski definition) is 3. The van der Waals surface area contributed by atoms with Gasteiger partial charge < -0.3 is 9.47 Å². The minimum Gasteiger partial charge on any atom is -0.490 e. The molecule has 1 rings (SSSR count). The van der Waals surface area contributed by atoms with Gasteiger partial charge in [-0.15, -0.1) is 0 Å². The first kappa shape index (κ1) is 16.5. The molecular weight excluding hydrogens is 228 g/mol. The van der Waals surface area contributed by atoms with Gasteiger partial charge in [0, 0.05) is 12.8 Å². The van der Waals surface area contributed by atoms with Crippen molar-refractivity contribution in [2.24, 2.45) is 0 Å². The van der Waals surface area contributed by atoms with Gasteiger partial charge in [0.05, 0.1) is 7.11 Å². The molecule has 0 spiro atoms. The van der Waals surface area contributed by atoms with Crippen molar-refractivity contribution in [3.8, 4) is 0 Å². The number of allylic oxidation sites excluding steroid dienone is 3. The van der Waals surface area contributed by atoms with Crippen molar-refractivity contribution >= 4 is 5.97 Å². The third-order valence-corrected chi connectivity index (χ3v) is 2.39. The second kappa shape index (κ2) is 9.51. The second-order valence-electron chi connectivity index (χ2n) is 3.72. The molecular formula is C15H24O3. The number of methoxy groups -OCH3 is 1. The third-order valence-electron chi connectivity index (χ3n) is 2.39. The predicted octanol–water partition coefficient (Wildman–Crippen LogP) is 3.77. The lowest BCUT2D eigenvalue weighted by Gasteiger charge is -2.20. The topological polar surface area (TPSA) is 35.5 Å². The lowest BCUT2D eigenvalue weighted by Crippen LogP contribution is -2.23. The number of cyclic esters (lactones) is 1. The van der Waals surface area contributed by atoms with Gasteiger partial charge in [-0.25, -0.2) is 4.79 Å². The minimum absolute atomic E-state index is 0.0633. The van der Waals surface area contributed by atoms with Gasteiger partial charge in [-0.1, -0.05) is 37.6 Å². The van der Waals surface area contributed by atoms with Gasteiger partial charge in [-0.2, -0.15) is 0 Å². The van der Waals surface area contributed by atoms with Crippen LogP contribution < -0.4 is 0 Å². The van der Waals surface area contributed by atoms with Crippen LogP contribution in [0.2, 0.25) is 0 Å². The molecule has 0 amide bonds. The fraction of sp³-hybridized carbons (Fsp3) is 0.533. The zero-order valence-corrected chi connectivity index (χ0v) is 12.0. The van der Waals surface area contributed by atoms with Gasteiger partial charge >= 0.3 is 5.97 Å². The molecule has 0 aromatic heterocycles. The van der Waals surface area contributed by atoms with E-state index in [-0.39, 0.29) is 12.1 Å². The van der Waals surface area contributed by atoms with Crippen molar-refractivity contribution in [3.63, 3.8) is 0 Å². The molecule has 1 aliphatic heterocycles. The van der Waals surface area contributed by atoms with Crippen LogP contribution in [0.3, 0.4) is 0 Å². The number of rotatable bonds is 4. The molecule has 1 unspecified atom stereocenters. The maximum absolute atomic E-state index is 11.4. The predicted molar refractivity (Wildman–Crippen MR) is 74.1 cm³/mol. The number of carbonyl (C=O) groups is 1. The van der Waals surface area contributed by atoms with Gasteiger partial charge in [0.2, 0.25) is 0 Å². The van der Waals surface area contributed by atoms with Gasteiger partial charge in [0.15, 0.2) is 5.76 Å². The van der Waals surface area contributed by atoms with Crippen LogP contribution in [0, 0.1) is 0 Å². The fourth-order valence-electron chi connectivity index (χ4n) is 1.54. The van der Waals surface area contributed by atoms with Gasteiger partial charge in [0.1, 0.15) is 6.10 Å². The Hall–Kier alpha value is -1.51. The molecule has 1 aliphatic rings. The lowest BCUT2D eigenvalue weighted by molar-refractivity contribution is -0.149. The first-order valence-electron chi connectivity index (χ1n) is 6.42. The van der Waals surface area contributed by atoms with Crippen molar-refractivity contribution < 1.29 is 14.3 Å². The molecule has 102 valence electrons. The molecule has 0 aromatic carbocycles. The van der Waals surface area contributed by atoms with E-state index in [2.05, 4.69) is 6.08 Å². The summed E-state index contributed by atoms with van der Waals surface area (Å²) >= 11 is 0. The van der Waals surface area contributed by atoms with Crippen molar-refractivity contribution in [3.05, 3.63) is 35.6 Å². The minimum atomic E-state index is -0.365. The van der Waals surface area contributed by atoms with E-state index in [1.165, 1.54) is 12.7 Å². The smallest absolute Gasteiger partial charge is 0.373 e. The van der Waals surface area contributed by atoms with E-state index < -0.39 is 0 Å². The zero-order chi connectivity index (χ0) is 14.0. The summed E-state index contributed by atoms with van der Waals surface area (Å²) in [5.74, 6) is -0.0544. The van der Waals surface area contributed by atoms with Crippen LogP contribution in [-0.2, 0) is 14.3 Å². The summed E-state index contributed by atoms with van der Waals surface area (Å²) in [5, 5.41) is 0. The van der Waals surface area contributed by atoms with E-state index in [0.29, 0.717) is 12.2 Å². The highest BCUT2D eigenvalue weighted by atomic mass is 16.6. The summed E-state index contributed by atoms with van der Waals surface area (Å²) in [6.07, 6.45) is 9.28. The molecule has 0 radical (unpaired) electrons. The Kier molecular flexibility index (Phi) is 8.71. The molecule has 3 nitrogen and oxygen atoms in total. The molecule has 0 N–H and O–H groups in total. The Morgan fingerprint density at radius 2 is 2.22 bits per heavy atom. The van der Waals surface area contributed by atoms with Crippen LogP contribution >= 0.6 is 0 Å². The summed E-state index contributed by atoms with van der Waals surface area (Å²) in [6.45, 7) is 8.01. The van der Waals surface area contributed by atoms with Gasteiger partial charge in [0.25, 0.3) is 0 Å². The highest BCUT2D eigenvalue weighted by Gasteiger charge is 2.22. The molecule has 18 heavy (non-hydrogen) atoms. The quantitative estimate of drug-likeness (QED) is 0.564. The highest BCUT2D eigenvalue weighted by Crippen LogP contribution is 2.17. The van der Waals surface area contributed by atoms with Crippen LogP contribution in [-0.4, -0.2) is 19.2 Å². The number of carbonyl (C=O) groups excluding carboxylic acids is 1. The normalized spacial score (nSPS) is 19.8. The largest absolute Gasteiger partial charge is 0.490 e. The van der Waals surface area contributed by atoms with Crippen LogP contribution in [0.1, 0.15) is 40.5 Å². The number of esters is 1. The number of ether oxygens (including phenoxy) is 2. The molecule has 0 saturated carbocycles. The molecule has 1 heterocycles. The van der Waals surface area contributed by atoms with Crippen molar-refractivity contribution in [1.82, 2.24) is 0 Å². The maximum atomic E-state index is 11.4.